The zero-order chi connectivity index (χ0) is 21.1. The van der Waals surface area contributed by atoms with Gasteiger partial charge in [0.05, 0.1) is 18.0 Å². The van der Waals surface area contributed by atoms with Crippen LogP contribution in [0.4, 0.5) is 5.13 Å². The summed E-state index contributed by atoms with van der Waals surface area (Å²) < 4.78 is 35.2. The summed E-state index contributed by atoms with van der Waals surface area (Å²) in [5.41, 5.74) is 4.27. The Balaban J connectivity index is 2.24. The minimum absolute atomic E-state index is 0.0415. The predicted octanol–water partition coefficient (Wildman–Crippen LogP) is -0.138. The first kappa shape index (κ1) is 21.7. The molecule has 14 heteroatoms. The number of aromatic nitrogens is 1. The van der Waals surface area contributed by atoms with Crippen molar-refractivity contribution in [2.45, 2.75) is 31.8 Å². The Kier molecular flexibility index (Phi) is 6.38. The van der Waals surface area contributed by atoms with E-state index in [4.69, 9.17) is 15.1 Å². The molecule has 1 unspecified atom stereocenters. The van der Waals surface area contributed by atoms with Crippen molar-refractivity contribution < 1.29 is 31.7 Å². The van der Waals surface area contributed by atoms with Crippen molar-refractivity contribution >= 4 is 44.4 Å². The van der Waals surface area contributed by atoms with Gasteiger partial charge in [-0.05, 0) is 13.8 Å². The number of nitrogens with zero attached hydrogens (tertiary/aromatic N) is 3. The molecule has 2 rings (SSSR count). The van der Waals surface area contributed by atoms with E-state index >= 15 is 0 Å². The fourth-order valence-electron chi connectivity index (χ4n) is 2.41. The average Bonchev–Trinajstić information content (AvgIpc) is 3.08. The number of amides is 2. The minimum atomic E-state index is -4.92. The first-order valence-electron chi connectivity index (χ1n) is 7.79. The first-order chi connectivity index (χ1) is 13.0. The van der Waals surface area contributed by atoms with E-state index in [9.17, 15) is 18.0 Å². The van der Waals surface area contributed by atoms with Gasteiger partial charge in [-0.1, -0.05) is 17.8 Å². The van der Waals surface area contributed by atoms with Gasteiger partial charge < -0.3 is 15.9 Å². The molecule has 0 bridgehead atoms. The number of nitrogens with two attached hydrogens (primary N) is 1. The van der Waals surface area contributed by atoms with Crippen LogP contribution in [0.3, 0.4) is 0 Å². The third kappa shape index (κ3) is 5.03. The molecule has 28 heavy (non-hydrogen) atoms. The van der Waals surface area contributed by atoms with Crippen molar-refractivity contribution in [1.29, 1.82) is 0 Å². The molecule has 4 N–H and O–H groups in total. The smallest absolute Gasteiger partial charge is 0.391 e. The molecule has 0 aromatic carbocycles. The van der Waals surface area contributed by atoms with Crippen LogP contribution in [0.5, 0.6) is 0 Å². The van der Waals surface area contributed by atoms with Crippen LogP contribution < -0.4 is 11.1 Å². The lowest BCUT2D eigenvalue weighted by Crippen LogP contribution is -2.54. The molecule has 1 aromatic heterocycles. The maximum Gasteiger partial charge on any atom is 0.418 e. The highest BCUT2D eigenvalue weighted by Gasteiger charge is 2.50. The number of nitrogen functional groups attached to an aromatic ring is 1. The Hall–Kier alpha value is -2.55. The van der Waals surface area contributed by atoms with Crippen molar-refractivity contribution in [1.82, 2.24) is 15.4 Å². The van der Waals surface area contributed by atoms with Gasteiger partial charge in [0.25, 0.3) is 5.91 Å². The maximum atomic E-state index is 12.7. The van der Waals surface area contributed by atoms with Gasteiger partial charge in [0, 0.05) is 5.38 Å². The lowest BCUT2D eigenvalue weighted by molar-refractivity contribution is -0.166. The van der Waals surface area contributed by atoms with Crippen LogP contribution in [0.1, 0.15) is 26.0 Å². The lowest BCUT2D eigenvalue weighted by Gasteiger charge is -2.33. The number of thiazole rings is 1. The molecule has 0 radical (unpaired) electrons. The summed E-state index contributed by atoms with van der Waals surface area (Å²) in [6.45, 7) is 6.43. The molecular formula is C14H19N5O7S2. The molecule has 1 aliphatic rings. The summed E-state index contributed by atoms with van der Waals surface area (Å²) in [4.78, 5) is 33.8. The Morgan fingerprint density at radius 3 is 2.86 bits per heavy atom. The van der Waals surface area contributed by atoms with E-state index in [1.54, 1.807) is 0 Å². The number of hydrogen-bond donors (Lipinski definition) is 3. The maximum absolute atomic E-state index is 12.7. The van der Waals surface area contributed by atoms with Crippen LogP contribution in [0.25, 0.3) is 0 Å². The summed E-state index contributed by atoms with van der Waals surface area (Å²) in [6, 6.07) is -0.866. The monoisotopic (exact) mass is 433 g/mol. The van der Waals surface area contributed by atoms with Gasteiger partial charge in [-0.3, -0.25) is 14.1 Å². The molecule has 154 valence electrons. The fourth-order valence-corrected chi connectivity index (χ4v) is 3.42. The molecule has 1 fully saturated rings. The van der Waals surface area contributed by atoms with Crippen LogP contribution in [0.15, 0.2) is 23.2 Å². The Bertz CT molecular complexity index is 909. The molecule has 1 saturated heterocycles. The van der Waals surface area contributed by atoms with Gasteiger partial charge in [-0.15, -0.1) is 15.6 Å². The van der Waals surface area contributed by atoms with Gasteiger partial charge in [-0.2, -0.15) is 13.5 Å². The number of carbonyl (C=O) groups excluding carboxylic acids is 2. The van der Waals surface area contributed by atoms with E-state index in [1.807, 2.05) is 0 Å². The molecular weight excluding hydrogens is 414 g/mol. The highest BCUT2D eigenvalue weighted by Crippen LogP contribution is 2.31. The zero-order valence-electron chi connectivity index (χ0n) is 15.0. The van der Waals surface area contributed by atoms with Gasteiger partial charge >= 0.3 is 10.4 Å². The van der Waals surface area contributed by atoms with Crippen LogP contribution in [-0.2, 0) is 29.1 Å². The van der Waals surface area contributed by atoms with E-state index < -0.39 is 33.8 Å². The number of hydroxylamine groups is 2. The topological polar surface area (TPSA) is 174 Å². The van der Waals surface area contributed by atoms with Gasteiger partial charge in [-0.25, -0.2) is 4.98 Å². The van der Waals surface area contributed by atoms with Gasteiger partial charge in [0.1, 0.15) is 12.3 Å². The molecule has 12 nitrogen and oxygen atoms in total. The fraction of sp³-hybridized carbons (Fsp3) is 0.429. The van der Waals surface area contributed by atoms with Crippen molar-refractivity contribution in [2.75, 3.05) is 12.3 Å². The molecule has 0 aliphatic carbocycles. The largest absolute Gasteiger partial charge is 0.418 e. The van der Waals surface area contributed by atoms with Crippen molar-refractivity contribution in [3.8, 4) is 0 Å². The number of carbonyl (C=O) groups is 2. The van der Waals surface area contributed by atoms with E-state index in [2.05, 4.69) is 26.3 Å². The second kappa shape index (κ2) is 8.22. The first-order valence-corrected chi connectivity index (χ1v) is 10.0. The van der Waals surface area contributed by atoms with E-state index in [-0.39, 0.29) is 29.6 Å². The second-order valence-electron chi connectivity index (χ2n) is 6.17. The van der Waals surface area contributed by atoms with Crippen LogP contribution in [-0.4, -0.2) is 58.7 Å². The van der Waals surface area contributed by atoms with Gasteiger partial charge in [0.15, 0.2) is 10.8 Å². The van der Waals surface area contributed by atoms with Crippen molar-refractivity contribution in [2.24, 2.45) is 5.16 Å². The van der Waals surface area contributed by atoms with Crippen LogP contribution >= 0.6 is 11.3 Å². The molecule has 1 atom stereocenters. The number of nitrogens with one attached hydrogen (secondary N) is 1. The molecule has 1 aromatic rings. The summed E-state index contributed by atoms with van der Waals surface area (Å²) in [5, 5.41) is 8.53. The number of oxime groups is 1. The normalized spacial score (nSPS) is 19.5. The third-order valence-electron chi connectivity index (χ3n) is 3.78. The van der Waals surface area contributed by atoms with E-state index in [1.165, 1.54) is 25.3 Å². The van der Waals surface area contributed by atoms with E-state index in [0.717, 1.165) is 11.3 Å². The van der Waals surface area contributed by atoms with E-state index in [0.29, 0.717) is 5.06 Å². The number of rotatable bonds is 8. The van der Waals surface area contributed by atoms with Gasteiger partial charge in [0.2, 0.25) is 5.91 Å². The molecule has 0 saturated carbocycles. The standard InChI is InChI=1S/C14H19N5O7S2/c1-4-5-25-18-11(8-7-27-13(15)16-8)12(21)17-9-6-10(20)19(14(9,2)3)26-28(22,23)24/h4,7,9H,1,5-6H2,2-3H3,(H2,15,16)(H,17,21)(H,22,23,24)/b18-11-. The molecule has 0 spiro atoms. The summed E-state index contributed by atoms with van der Waals surface area (Å²) >= 11 is 1.09. The highest BCUT2D eigenvalue weighted by molar-refractivity contribution is 7.80. The average molecular weight is 433 g/mol. The lowest BCUT2D eigenvalue weighted by atomic mass is 9.96. The quantitative estimate of drug-likeness (QED) is 0.166. The van der Waals surface area contributed by atoms with Crippen LogP contribution in [0, 0.1) is 0 Å². The Morgan fingerprint density at radius 1 is 1.64 bits per heavy atom. The summed E-state index contributed by atoms with van der Waals surface area (Å²) in [6.07, 6.45) is 1.16. The Morgan fingerprint density at radius 2 is 2.32 bits per heavy atom. The Labute approximate surface area is 164 Å². The second-order valence-corrected chi connectivity index (χ2v) is 8.06. The summed E-state index contributed by atoms with van der Waals surface area (Å²) in [7, 11) is -4.92. The summed E-state index contributed by atoms with van der Waals surface area (Å²) in [5.74, 6) is -1.47. The number of hydrogen-bond acceptors (Lipinski definition) is 10. The van der Waals surface area contributed by atoms with Crippen molar-refractivity contribution in [3.63, 3.8) is 0 Å². The molecule has 2 amide bonds. The zero-order valence-corrected chi connectivity index (χ0v) is 16.6. The van der Waals surface area contributed by atoms with Crippen LogP contribution in [0.2, 0.25) is 0 Å². The number of anilines is 1. The molecule has 2 heterocycles. The molecule has 1 aliphatic heterocycles. The predicted molar refractivity (Wildman–Crippen MR) is 99.3 cm³/mol. The third-order valence-corrected chi connectivity index (χ3v) is 4.79. The highest BCUT2D eigenvalue weighted by atomic mass is 32.3. The minimum Gasteiger partial charge on any atom is -0.391 e. The SMILES string of the molecule is C=CCO/N=C(\C(=O)NC1CC(=O)N(OS(=O)(=O)O)C1(C)C)c1csc(N)n1. The van der Waals surface area contributed by atoms with Crippen molar-refractivity contribution in [3.05, 3.63) is 23.7 Å².